The lowest BCUT2D eigenvalue weighted by atomic mass is 10.3. The van der Waals surface area contributed by atoms with Crippen LogP contribution in [0.15, 0.2) is 24.5 Å². The molecule has 3 N–H and O–H groups in total. The molecular formula is C11H16N4O2. The van der Waals surface area contributed by atoms with Crippen molar-refractivity contribution in [3.63, 3.8) is 0 Å². The van der Waals surface area contributed by atoms with Gasteiger partial charge >= 0.3 is 11.8 Å². The van der Waals surface area contributed by atoms with Gasteiger partial charge in [0, 0.05) is 37.7 Å². The molecule has 17 heavy (non-hydrogen) atoms. The zero-order valence-electron chi connectivity index (χ0n) is 9.72. The summed E-state index contributed by atoms with van der Waals surface area (Å²) in [5.41, 5.74) is 5.90. The van der Waals surface area contributed by atoms with Crippen LogP contribution < -0.4 is 16.0 Å². The Balaban J connectivity index is 2.74. The number of aromatic nitrogens is 1. The summed E-state index contributed by atoms with van der Waals surface area (Å²) in [6.07, 6.45) is 3.14. The van der Waals surface area contributed by atoms with Crippen molar-refractivity contribution in [3.05, 3.63) is 24.5 Å². The summed E-state index contributed by atoms with van der Waals surface area (Å²) < 4.78 is 0. The van der Waals surface area contributed by atoms with E-state index in [2.05, 4.69) is 10.3 Å². The quantitative estimate of drug-likeness (QED) is 0.690. The number of rotatable bonds is 4. The fraction of sp³-hybridized carbons (Fsp3) is 0.364. The summed E-state index contributed by atoms with van der Waals surface area (Å²) >= 11 is 0. The molecule has 0 radical (unpaired) electrons. The Kier molecular flexibility index (Phi) is 5.09. The summed E-state index contributed by atoms with van der Waals surface area (Å²) in [6.45, 7) is 2.81. The van der Waals surface area contributed by atoms with E-state index >= 15 is 0 Å². The Morgan fingerprint density at radius 2 is 2.06 bits per heavy atom. The van der Waals surface area contributed by atoms with E-state index in [-0.39, 0.29) is 0 Å². The summed E-state index contributed by atoms with van der Waals surface area (Å²) in [5.74, 6) is -1.23. The molecule has 2 amide bonds. The molecule has 1 rings (SSSR count). The first-order chi connectivity index (χ1) is 8.20. The molecule has 0 aliphatic heterocycles. The molecule has 1 heterocycles. The number of likely N-dealkylation sites (N-methyl/N-ethyl adjacent to an activating group) is 1. The minimum atomic E-state index is -0.644. The van der Waals surface area contributed by atoms with Gasteiger partial charge < -0.3 is 16.0 Å². The number of anilines is 1. The third-order valence-corrected chi connectivity index (χ3v) is 2.16. The van der Waals surface area contributed by atoms with Crippen LogP contribution in [0, 0.1) is 0 Å². The van der Waals surface area contributed by atoms with Crippen molar-refractivity contribution in [2.45, 2.75) is 6.92 Å². The van der Waals surface area contributed by atoms with Crippen LogP contribution >= 0.6 is 0 Å². The molecule has 0 saturated carbocycles. The molecule has 1 aromatic rings. The molecule has 0 fully saturated rings. The van der Waals surface area contributed by atoms with Crippen molar-refractivity contribution in [2.75, 3.05) is 24.5 Å². The lowest BCUT2D eigenvalue weighted by Crippen LogP contribution is -2.44. The predicted molar refractivity (Wildman–Crippen MR) is 64.3 cm³/mol. The van der Waals surface area contributed by atoms with Crippen LogP contribution in [-0.4, -0.2) is 36.4 Å². The van der Waals surface area contributed by atoms with Gasteiger partial charge in [0.05, 0.1) is 0 Å². The second-order valence-electron chi connectivity index (χ2n) is 3.30. The lowest BCUT2D eigenvalue weighted by molar-refractivity contribution is -0.137. The van der Waals surface area contributed by atoms with Crippen LogP contribution in [0.3, 0.4) is 0 Å². The number of carbonyl (C=O) groups is 2. The highest BCUT2D eigenvalue weighted by molar-refractivity contribution is 6.40. The molecule has 0 unspecified atom stereocenters. The highest BCUT2D eigenvalue weighted by Crippen LogP contribution is 2.11. The van der Waals surface area contributed by atoms with Gasteiger partial charge in [-0.1, -0.05) is 0 Å². The molecule has 0 atom stereocenters. The number of carbonyl (C=O) groups excluding carboxylic acids is 2. The van der Waals surface area contributed by atoms with Gasteiger partial charge in [-0.05, 0) is 19.1 Å². The van der Waals surface area contributed by atoms with Crippen LogP contribution in [0.1, 0.15) is 6.92 Å². The Morgan fingerprint density at radius 3 is 2.59 bits per heavy atom. The Morgan fingerprint density at radius 1 is 1.41 bits per heavy atom. The van der Waals surface area contributed by atoms with Crippen molar-refractivity contribution in [3.8, 4) is 0 Å². The maximum Gasteiger partial charge on any atom is 0.316 e. The molecule has 0 aliphatic carbocycles. The zero-order chi connectivity index (χ0) is 12.7. The van der Waals surface area contributed by atoms with Crippen molar-refractivity contribution in [2.24, 2.45) is 5.73 Å². The third kappa shape index (κ3) is 3.53. The highest BCUT2D eigenvalue weighted by Gasteiger charge is 2.21. The molecule has 0 aliphatic rings. The van der Waals surface area contributed by atoms with Crippen LogP contribution in [0.5, 0.6) is 0 Å². The van der Waals surface area contributed by atoms with Crippen molar-refractivity contribution in [1.82, 2.24) is 10.3 Å². The van der Waals surface area contributed by atoms with Gasteiger partial charge in [-0.3, -0.25) is 14.6 Å². The molecule has 92 valence electrons. The van der Waals surface area contributed by atoms with E-state index in [4.69, 9.17) is 5.73 Å². The van der Waals surface area contributed by atoms with Crippen molar-refractivity contribution < 1.29 is 9.59 Å². The highest BCUT2D eigenvalue weighted by atomic mass is 16.2. The average Bonchev–Trinajstić information content (AvgIpc) is 2.38. The van der Waals surface area contributed by atoms with Gasteiger partial charge in [0.2, 0.25) is 0 Å². The largest absolute Gasteiger partial charge is 0.347 e. The van der Waals surface area contributed by atoms with Gasteiger partial charge in [0.15, 0.2) is 0 Å². The molecule has 0 saturated heterocycles. The summed E-state index contributed by atoms with van der Waals surface area (Å²) in [4.78, 5) is 28.6. The number of nitrogens with one attached hydrogen (secondary N) is 1. The number of nitrogens with two attached hydrogens (primary N) is 1. The van der Waals surface area contributed by atoms with Gasteiger partial charge in [-0.2, -0.15) is 0 Å². The van der Waals surface area contributed by atoms with Crippen molar-refractivity contribution >= 4 is 17.5 Å². The minimum absolute atomic E-state index is 0.290. The molecule has 0 aromatic carbocycles. The second kappa shape index (κ2) is 6.59. The smallest absolute Gasteiger partial charge is 0.316 e. The molecule has 6 heteroatoms. The number of pyridine rings is 1. The third-order valence-electron chi connectivity index (χ3n) is 2.16. The fourth-order valence-corrected chi connectivity index (χ4v) is 1.35. The average molecular weight is 236 g/mol. The minimum Gasteiger partial charge on any atom is -0.347 e. The summed E-state index contributed by atoms with van der Waals surface area (Å²) in [6, 6.07) is 3.36. The maximum atomic E-state index is 11.8. The molecule has 0 spiro atoms. The Bertz CT molecular complexity index is 380. The normalized spacial score (nSPS) is 9.76. The second-order valence-corrected chi connectivity index (χ2v) is 3.30. The summed E-state index contributed by atoms with van der Waals surface area (Å²) in [5, 5.41) is 2.45. The van der Waals surface area contributed by atoms with Crippen LogP contribution in [0.25, 0.3) is 0 Å². The monoisotopic (exact) mass is 236 g/mol. The SMILES string of the molecule is CCN(C(=O)C(=O)NCCN)c1ccncc1. The number of hydrogen-bond donors (Lipinski definition) is 2. The van der Waals surface area contributed by atoms with E-state index in [0.717, 1.165) is 0 Å². The Labute approximate surface area is 99.8 Å². The first-order valence-electron chi connectivity index (χ1n) is 5.40. The van der Waals surface area contributed by atoms with E-state index in [1.165, 1.54) is 4.90 Å². The lowest BCUT2D eigenvalue weighted by Gasteiger charge is -2.19. The van der Waals surface area contributed by atoms with Gasteiger partial charge in [-0.25, -0.2) is 0 Å². The number of hydrogen-bond acceptors (Lipinski definition) is 4. The molecule has 1 aromatic heterocycles. The first kappa shape index (κ1) is 13.1. The fourth-order valence-electron chi connectivity index (χ4n) is 1.35. The molecular weight excluding hydrogens is 220 g/mol. The van der Waals surface area contributed by atoms with Crippen molar-refractivity contribution in [1.29, 1.82) is 0 Å². The van der Waals surface area contributed by atoms with Crippen LogP contribution in [0.2, 0.25) is 0 Å². The van der Waals surface area contributed by atoms with E-state index in [0.29, 0.717) is 25.3 Å². The summed E-state index contributed by atoms with van der Waals surface area (Å²) in [7, 11) is 0. The van der Waals surface area contributed by atoms with E-state index < -0.39 is 11.8 Å². The van der Waals surface area contributed by atoms with Crippen LogP contribution in [0.4, 0.5) is 5.69 Å². The van der Waals surface area contributed by atoms with E-state index in [9.17, 15) is 9.59 Å². The molecule has 6 nitrogen and oxygen atoms in total. The number of amides is 2. The number of nitrogens with zero attached hydrogens (tertiary/aromatic N) is 2. The van der Waals surface area contributed by atoms with Gasteiger partial charge in [-0.15, -0.1) is 0 Å². The Hall–Kier alpha value is -1.95. The maximum absolute atomic E-state index is 11.8. The topological polar surface area (TPSA) is 88.3 Å². The van der Waals surface area contributed by atoms with Gasteiger partial charge in [0.25, 0.3) is 0 Å². The van der Waals surface area contributed by atoms with E-state index in [1.807, 2.05) is 0 Å². The standard InChI is InChI=1S/C11H16N4O2/c1-2-15(9-3-6-13-7-4-9)11(17)10(16)14-8-5-12/h3-4,6-7H,2,5,8,12H2,1H3,(H,14,16). The predicted octanol–water partition coefficient (Wildman–Crippen LogP) is -0.491. The van der Waals surface area contributed by atoms with Gasteiger partial charge in [0.1, 0.15) is 0 Å². The zero-order valence-corrected chi connectivity index (χ0v) is 9.72. The van der Waals surface area contributed by atoms with Crippen LogP contribution in [-0.2, 0) is 9.59 Å². The van der Waals surface area contributed by atoms with E-state index in [1.54, 1.807) is 31.5 Å². The molecule has 0 bridgehead atoms. The first-order valence-corrected chi connectivity index (χ1v) is 5.40.